The second-order valence-electron chi connectivity index (χ2n) is 8.65. The normalized spacial score (nSPS) is 21.0. The van der Waals surface area contributed by atoms with Crippen LogP contribution in [0, 0.1) is 0 Å². The van der Waals surface area contributed by atoms with E-state index in [4.69, 9.17) is 4.74 Å². The van der Waals surface area contributed by atoms with Gasteiger partial charge in [-0.05, 0) is 46.1 Å². The molecule has 0 spiro atoms. The third-order valence-corrected chi connectivity index (χ3v) is 5.08. The molecule has 29 heavy (non-hydrogen) atoms. The van der Waals surface area contributed by atoms with Gasteiger partial charge in [-0.3, -0.25) is 4.79 Å². The van der Waals surface area contributed by atoms with Gasteiger partial charge in [0.15, 0.2) is 0 Å². The second kappa shape index (κ2) is 8.84. The van der Waals surface area contributed by atoms with Crippen LogP contribution in [0.15, 0.2) is 12.3 Å². The van der Waals surface area contributed by atoms with E-state index in [1.165, 1.54) is 0 Å². The van der Waals surface area contributed by atoms with Crippen molar-refractivity contribution in [3.05, 3.63) is 12.3 Å². The van der Waals surface area contributed by atoms with Crippen LogP contribution in [0.5, 0.6) is 0 Å². The molecule has 0 radical (unpaired) electrons. The van der Waals surface area contributed by atoms with Crippen molar-refractivity contribution in [3.63, 3.8) is 0 Å². The second-order valence-corrected chi connectivity index (χ2v) is 8.65. The highest BCUT2D eigenvalue weighted by Crippen LogP contribution is 2.19. The van der Waals surface area contributed by atoms with Gasteiger partial charge in [-0.2, -0.15) is 4.98 Å². The molecule has 2 aliphatic heterocycles. The first kappa shape index (κ1) is 21.1. The number of carbonyl (C=O) groups is 2. The molecule has 3 rings (SSSR count). The van der Waals surface area contributed by atoms with Crippen molar-refractivity contribution in [2.24, 2.45) is 0 Å². The molecule has 160 valence electrons. The molecule has 1 N–H and O–H groups in total. The fourth-order valence-corrected chi connectivity index (χ4v) is 3.57. The Hall–Kier alpha value is -2.58. The number of carbonyl (C=O) groups excluding carboxylic acids is 2. The van der Waals surface area contributed by atoms with Gasteiger partial charge >= 0.3 is 6.09 Å². The van der Waals surface area contributed by atoms with Crippen LogP contribution in [-0.2, 0) is 9.53 Å². The molecule has 1 atom stereocenters. The summed E-state index contributed by atoms with van der Waals surface area (Å²) in [5.41, 5.74) is -0.499. The van der Waals surface area contributed by atoms with E-state index < -0.39 is 5.60 Å². The Morgan fingerprint density at radius 3 is 2.72 bits per heavy atom. The molecule has 0 aliphatic carbocycles. The molecule has 0 aromatic carbocycles. The van der Waals surface area contributed by atoms with Crippen molar-refractivity contribution in [3.8, 4) is 0 Å². The molecular weight excluding hydrogens is 372 g/mol. The lowest BCUT2D eigenvalue weighted by molar-refractivity contribution is -0.132. The molecule has 2 amide bonds. The lowest BCUT2D eigenvalue weighted by Gasteiger charge is -2.30. The quantitative estimate of drug-likeness (QED) is 0.823. The largest absolute Gasteiger partial charge is 0.444 e. The molecule has 9 heteroatoms. The highest BCUT2D eigenvalue weighted by atomic mass is 16.6. The topological polar surface area (TPSA) is 90.9 Å². The van der Waals surface area contributed by atoms with Crippen LogP contribution in [0.4, 0.5) is 16.6 Å². The van der Waals surface area contributed by atoms with Gasteiger partial charge in [-0.15, -0.1) is 0 Å². The Kier molecular flexibility index (Phi) is 6.44. The maximum atomic E-state index is 12.4. The van der Waals surface area contributed by atoms with Gasteiger partial charge in [0.2, 0.25) is 11.9 Å². The zero-order chi connectivity index (χ0) is 21.0. The molecule has 2 aliphatic rings. The fourth-order valence-electron chi connectivity index (χ4n) is 3.57. The summed E-state index contributed by atoms with van der Waals surface area (Å²) in [5, 5.41) is 3.18. The molecule has 2 saturated heterocycles. The summed E-state index contributed by atoms with van der Waals surface area (Å²) in [4.78, 5) is 39.2. The monoisotopic (exact) mass is 404 g/mol. The molecular formula is C20H32N6O3. The molecule has 2 fully saturated rings. The summed E-state index contributed by atoms with van der Waals surface area (Å²) in [6.07, 6.45) is 4.01. The average Bonchev–Trinajstić information content (AvgIpc) is 2.91. The predicted octanol–water partition coefficient (Wildman–Crippen LogP) is 1.96. The average molecular weight is 405 g/mol. The van der Waals surface area contributed by atoms with Crippen molar-refractivity contribution >= 4 is 23.8 Å². The minimum absolute atomic E-state index is 0.0769. The first-order valence-electron chi connectivity index (χ1n) is 10.3. The van der Waals surface area contributed by atoms with Gasteiger partial charge in [-0.1, -0.05) is 0 Å². The number of likely N-dealkylation sites (N-methyl/N-ethyl adjacent to an activating group) is 1. The van der Waals surface area contributed by atoms with Crippen LogP contribution in [0.2, 0.25) is 0 Å². The van der Waals surface area contributed by atoms with Crippen LogP contribution in [0.3, 0.4) is 0 Å². The summed E-state index contributed by atoms with van der Waals surface area (Å²) < 4.78 is 5.49. The summed E-state index contributed by atoms with van der Waals surface area (Å²) >= 11 is 0. The van der Waals surface area contributed by atoms with Crippen molar-refractivity contribution in [2.75, 3.05) is 50.0 Å². The number of hydrogen-bond acceptors (Lipinski definition) is 7. The summed E-state index contributed by atoms with van der Waals surface area (Å²) in [7, 11) is 1.82. The molecule has 0 bridgehead atoms. The minimum atomic E-state index is -0.499. The van der Waals surface area contributed by atoms with E-state index in [0.29, 0.717) is 25.6 Å². The van der Waals surface area contributed by atoms with Gasteiger partial charge in [0, 0.05) is 46.0 Å². The number of likely N-dealkylation sites (tertiary alicyclic amines) is 1. The number of nitrogens with one attached hydrogen (secondary N) is 1. The molecule has 1 unspecified atom stereocenters. The van der Waals surface area contributed by atoms with Gasteiger partial charge in [0.25, 0.3) is 0 Å². The van der Waals surface area contributed by atoms with E-state index >= 15 is 0 Å². The predicted molar refractivity (Wildman–Crippen MR) is 111 cm³/mol. The number of aromatic nitrogens is 2. The summed E-state index contributed by atoms with van der Waals surface area (Å²) in [6.45, 7) is 9.11. The van der Waals surface area contributed by atoms with E-state index in [1.54, 1.807) is 16.0 Å². The zero-order valence-corrected chi connectivity index (χ0v) is 17.8. The van der Waals surface area contributed by atoms with Crippen LogP contribution in [-0.4, -0.2) is 83.2 Å². The smallest absolute Gasteiger partial charge is 0.410 e. The molecule has 1 aromatic heterocycles. The summed E-state index contributed by atoms with van der Waals surface area (Å²) in [5.74, 6) is 1.34. The summed E-state index contributed by atoms with van der Waals surface area (Å²) in [6, 6.07) is 1.58. The van der Waals surface area contributed by atoms with E-state index in [-0.39, 0.29) is 18.0 Å². The van der Waals surface area contributed by atoms with Crippen molar-refractivity contribution in [1.82, 2.24) is 19.8 Å². The van der Waals surface area contributed by atoms with Crippen molar-refractivity contribution < 1.29 is 14.3 Å². The Bertz CT molecular complexity index is 735. The van der Waals surface area contributed by atoms with E-state index in [1.807, 2.05) is 33.9 Å². The van der Waals surface area contributed by atoms with Gasteiger partial charge < -0.3 is 24.8 Å². The lowest BCUT2D eigenvalue weighted by atomic mass is 10.1. The standard InChI is InChI=1S/C20H32N6O3/c1-20(2,3)29-19(28)26-12-6-11-25(13-14-26)16-8-9-21-18(23-16)22-15-7-5-10-24(4)17(15)27/h8-9,15H,5-7,10-14H2,1-4H3,(H,21,22,23). The van der Waals surface area contributed by atoms with E-state index in [0.717, 1.165) is 38.2 Å². The molecule has 1 aromatic rings. The Morgan fingerprint density at radius 1 is 1.17 bits per heavy atom. The maximum Gasteiger partial charge on any atom is 0.410 e. The SMILES string of the molecule is CN1CCCC(Nc2nccc(N3CCCN(C(=O)OC(C)(C)C)CC3)n2)C1=O. The Labute approximate surface area is 172 Å². The van der Waals surface area contributed by atoms with Crippen LogP contribution >= 0.6 is 0 Å². The lowest BCUT2D eigenvalue weighted by Crippen LogP contribution is -2.45. The van der Waals surface area contributed by atoms with Crippen LogP contribution in [0.25, 0.3) is 0 Å². The highest BCUT2D eigenvalue weighted by Gasteiger charge is 2.28. The highest BCUT2D eigenvalue weighted by molar-refractivity contribution is 5.84. The van der Waals surface area contributed by atoms with Crippen molar-refractivity contribution in [1.29, 1.82) is 0 Å². The van der Waals surface area contributed by atoms with Crippen LogP contribution < -0.4 is 10.2 Å². The molecule has 9 nitrogen and oxygen atoms in total. The minimum Gasteiger partial charge on any atom is -0.444 e. The van der Waals surface area contributed by atoms with Gasteiger partial charge in [0.1, 0.15) is 17.5 Å². The Balaban J connectivity index is 1.62. The van der Waals surface area contributed by atoms with Gasteiger partial charge in [-0.25, -0.2) is 9.78 Å². The third-order valence-electron chi connectivity index (χ3n) is 5.08. The zero-order valence-electron chi connectivity index (χ0n) is 17.8. The number of piperidine rings is 1. The number of nitrogens with zero attached hydrogens (tertiary/aromatic N) is 5. The van der Waals surface area contributed by atoms with Crippen molar-refractivity contribution in [2.45, 2.75) is 51.7 Å². The maximum absolute atomic E-state index is 12.4. The van der Waals surface area contributed by atoms with Crippen LogP contribution in [0.1, 0.15) is 40.0 Å². The first-order chi connectivity index (χ1) is 13.7. The molecule has 0 saturated carbocycles. The van der Waals surface area contributed by atoms with E-state index in [9.17, 15) is 9.59 Å². The number of ether oxygens (including phenoxy) is 1. The Morgan fingerprint density at radius 2 is 1.97 bits per heavy atom. The number of anilines is 2. The first-order valence-corrected chi connectivity index (χ1v) is 10.3. The van der Waals surface area contributed by atoms with E-state index in [2.05, 4.69) is 20.2 Å². The fraction of sp³-hybridized carbons (Fsp3) is 0.700. The number of amides is 2. The third kappa shape index (κ3) is 5.71. The number of hydrogen-bond donors (Lipinski definition) is 1. The number of rotatable bonds is 3. The molecule has 3 heterocycles. The van der Waals surface area contributed by atoms with Gasteiger partial charge in [0.05, 0.1) is 0 Å².